The standard InChI is InChI=1S/C17H26NO2.Tl/c1-5-15(12(2)3)13(4)20-17(19)16(18)11-14-9-7-6-8-10-14;/h6-10,13,15-16H,5,11,18H2,1-4H3;. The van der Waals surface area contributed by atoms with Crippen LogP contribution in [0.25, 0.3) is 0 Å². The fraction of sp³-hybridized carbons (Fsp3) is 0.588. The number of hydrogen-bond donors (Lipinski definition) is 1. The van der Waals surface area contributed by atoms with Gasteiger partial charge in [0.05, 0.1) is 0 Å². The first kappa shape index (κ1) is 18.6. The molecule has 3 unspecified atom stereocenters. The maximum absolute atomic E-state index is 12.2. The number of benzene rings is 1. The molecule has 114 valence electrons. The van der Waals surface area contributed by atoms with Crippen molar-refractivity contribution in [2.75, 3.05) is 0 Å². The van der Waals surface area contributed by atoms with Gasteiger partial charge < -0.3 is 0 Å². The van der Waals surface area contributed by atoms with Gasteiger partial charge in [-0.15, -0.1) is 0 Å². The summed E-state index contributed by atoms with van der Waals surface area (Å²) in [7, 11) is 0. The van der Waals surface area contributed by atoms with E-state index in [0.29, 0.717) is 12.3 Å². The van der Waals surface area contributed by atoms with Crippen LogP contribution >= 0.6 is 0 Å². The van der Waals surface area contributed by atoms with Crippen molar-refractivity contribution in [2.45, 2.75) is 55.7 Å². The van der Waals surface area contributed by atoms with Crippen LogP contribution in [0.4, 0.5) is 0 Å². The molecule has 0 saturated carbocycles. The van der Waals surface area contributed by atoms with Crippen molar-refractivity contribution in [1.29, 1.82) is 0 Å². The molecule has 1 aromatic carbocycles. The van der Waals surface area contributed by atoms with Crippen LogP contribution in [-0.2, 0) is 16.0 Å². The third kappa shape index (κ3) is 6.06. The van der Waals surface area contributed by atoms with Gasteiger partial charge in [0, 0.05) is 0 Å². The van der Waals surface area contributed by atoms with Crippen molar-refractivity contribution < 1.29 is 9.53 Å². The summed E-state index contributed by atoms with van der Waals surface area (Å²) >= 11 is 0.853. The Hall–Kier alpha value is -0.428. The number of carbonyl (C=O) groups excluding carboxylic acids is 1. The molecule has 0 amide bonds. The minimum atomic E-state index is -0.591. The van der Waals surface area contributed by atoms with Gasteiger partial charge in [-0.3, -0.25) is 0 Å². The Morgan fingerprint density at radius 3 is 2.38 bits per heavy atom. The van der Waals surface area contributed by atoms with Crippen molar-refractivity contribution in [1.82, 2.24) is 0 Å². The van der Waals surface area contributed by atoms with Crippen molar-refractivity contribution in [2.24, 2.45) is 11.7 Å². The van der Waals surface area contributed by atoms with Gasteiger partial charge in [0.25, 0.3) is 0 Å². The summed E-state index contributed by atoms with van der Waals surface area (Å²) in [6.07, 6.45) is 1.46. The average molecular weight is 481 g/mol. The van der Waals surface area contributed by atoms with Crippen LogP contribution < -0.4 is 5.73 Å². The molecule has 1 rings (SSSR count). The molecule has 0 radical (unpaired) electrons. The molecule has 0 bridgehead atoms. The van der Waals surface area contributed by atoms with Gasteiger partial charge in [-0.1, -0.05) is 0 Å². The SMILES string of the molecule is CCC(C(C)OC(=O)C(N)Cc1ccccc1)[C](C)(C)[Tl]. The van der Waals surface area contributed by atoms with E-state index in [1.807, 2.05) is 37.3 Å². The zero-order valence-electron chi connectivity index (χ0n) is 13.5. The molecule has 0 heterocycles. The molecule has 0 aromatic heterocycles. The number of ether oxygens (including phenoxy) is 1. The van der Waals surface area contributed by atoms with E-state index in [-0.39, 0.29) is 15.0 Å². The molecule has 0 fully saturated rings. The van der Waals surface area contributed by atoms with E-state index in [2.05, 4.69) is 20.8 Å². The van der Waals surface area contributed by atoms with Gasteiger partial charge in [-0.2, -0.15) is 0 Å². The number of rotatable bonds is 7. The van der Waals surface area contributed by atoms with Crippen LogP contribution in [-0.4, -0.2) is 43.9 Å². The normalized spacial score (nSPS) is 16.0. The molecule has 0 aliphatic carbocycles. The Labute approximate surface area is 144 Å². The number of esters is 1. The van der Waals surface area contributed by atoms with Crippen LogP contribution in [0, 0.1) is 5.92 Å². The second-order valence-corrected chi connectivity index (χ2v) is 12.1. The van der Waals surface area contributed by atoms with E-state index < -0.39 is 6.04 Å². The summed E-state index contributed by atoms with van der Waals surface area (Å²) in [5.74, 6) is 0.106. The predicted octanol–water partition coefficient (Wildman–Crippen LogP) is 2.88. The van der Waals surface area contributed by atoms with Crippen molar-refractivity contribution >= 4 is 31.7 Å². The van der Waals surface area contributed by atoms with Gasteiger partial charge in [0.1, 0.15) is 0 Å². The van der Waals surface area contributed by atoms with Gasteiger partial charge in [-0.25, -0.2) is 0 Å². The number of nitrogens with two attached hydrogens (primary N) is 1. The van der Waals surface area contributed by atoms with Crippen LogP contribution in [0.1, 0.15) is 39.7 Å². The maximum atomic E-state index is 12.2. The fourth-order valence-corrected chi connectivity index (χ4v) is 4.74. The Kier molecular flexibility index (Phi) is 7.33. The van der Waals surface area contributed by atoms with Crippen molar-refractivity contribution in [3.8, 4) is 0 Å². The number of hydrogen-bond acceptors (Lipinski definition) is 3. The quantitative estimate of drug-likeness (QED) is 0.482. The third-order valence-electron chi connectivity index (χ3n) is 3.87. The first-order valence-electron chi connectivity index (χ1n) is 7.54. The molecule has 2 N–H and O–H groups in total. The van der Waals surface area contributed by atoms with Crippen molar-refractivity contribution in [3.05, 3.63) is 35.9 Å². The third-order valence-corrected chi connectivity index (χ3v) is 5.53. The Balaban J connectivity index is 2.59. The van der Waals surface area contributed by atoms with Gasteiger partial charge in [0.2, 0.25) is 0 Å². The van der Waals surface area contributed by atoms with Gasteiger partial charge in [-0.05, 0) is 0 Å². The van der Waals surface area contributed by atoms with E-state index in [1.165, 1.54) is 0 Å². The number of carbonyl (C=O) groups is 1. The summed E-state index contributed by atoms with van der Waals surface area (Å²) < 4.78 is 5.90. The molecule has 0 saturated heterocycles. The fourth-order valence-electron chi connectivity index (χ4n) is 2.77. The molecule has 4 heteroatoms. The second-order valence-electron chi connectivity index (χ2n) is 6.27. The average Bonchev–Trinajstić information content (AvgIpc) is 2.38. The van der Waals surface area contributed by atoms with Crippen molar-refractivity contribution in [3.63, 3.8) is 0 Å². The van der Waals surface area contributed by atoms with E-state index >= 15 is 0 Å². The summed E-state index contributed by atoms with van der Waals surface area (Å²) in [6, 6.07) is 9.23. The molecule has 1 aromatic rings. The van der Waals surface area contributed by atoms with Crippen LogP contribution in [0.3, 0.4) is 0 Å². The monoisotopic (exact) mass is 481 g/mol. The Morgan fingerprint density at radius 1 is 1.33 bits per heavy atom. The Morgan fingerprint density at radius 2 is 1.90 bits per heavy atom. The van der Waals surface area contributed by atoms with Crippen LogP contribution in [0.2, 0.25) is 2.97 Å². The molecule has 3 atom stereocenters. The molecule has 0 aliphatic heterocycles. The predicted molar refractivity (Wildman–Crippen MR) is 87.3 cm³/mol. The van der Waals surface area contributed by atoms with E-state index in [9.17, 15) is 4.79 Å². The van der Waals surface area contributed by atoms with Crippen LogP contribution in [0.5, 0.6) is 0 Å². The summed E-state index contributed by atoms with van der Waals surface area (Å²) in [5.41, 5.74) is 7.05. The van der Waals surface area contributed by atoms with Gasteiger partial charge in [0.15, 0.2) is 0 Å². The molecular formula is C17H26NO2Tl. The van der Waals surface area contributed by atoms with E-state index in [0.717, 1.165) is 37.8 Å². The van der Waals surface area contributed by atoms with Crippen LogP contribution in [0.15, 0.2) is 30.3 Å². The zero-order chi connectivity index (χ0) is 16.0. The molecule has 0 aliphatic rings. The topological polar surface area (TPSA) is 52.3 Å². The summed E-state index contributed by atoms with van der Waals surface area (Å²) in [6.45, 7) is 8.65. The van der Waals surface area contributed by atoms with Gasteiger partial charge >= 0.3 is 144 Å². The molecule has 0 spiro atoms. The zero-order valence-corrected chi connectivity index (χ0v) is 18.0. The summed E-state index contributed by atoms with van der Waals surface area (Å²) in [5, 5.41) is 0. The first-order valence-corrected chi connectivity index (χ1v) is 9.79. The molecule has 21 heavy (non-hydrogen) atoms. The Bertz CT molecular complexity index is 442. The van der Waals surface area contributed by atoms with E-state index in [4.69, 9.17) is 10.5 Å². The van der Waals surface area contributed by atoms with E-state index in [1.54, 1.807) is 0 Å². The molecular weight excluding hydrogens is 455 g/mol. The summed E-state index contributed by atoms with van der Waals surface area (Å²) in [4.78, 5) is 12.2. The second kappa shape index (κ2) is 8.27. The molecule has 3 nitrogen and oxygen atoms in total. The minimum absolute atomic E-state index is 0.0793. The first-order chi connectivity index (χ1) is 9.75.